The molecule has 0 saturated carbocycles. The highest BCUT2D eigenvalue weighted by Gasteiger charge is 2.23. The van der Waals surface area contributed by atoms with Gasteiger partial charge < -0.3 is 19.8 Å². The van der Waals surface area contributed by atoms with Crippen LogP contribution in [0.25, 0.3) is 11.0 Å². The van der Waals surface area contributed by atoms with Gasteiger partial charge in [-0.25, -0.2) is 0 Å². The number of nitrogens with one attached hydrogen (secondary N) is 2. The van der Waals surface area contributed by atoms with Crippen LogP contribution in [0.2, 0.25) is 0 Å². The lowest BCUT2D eigenvalue weighted by molar-refractivity contribution is 0.0940. The number of nitrogens with zero attached hydrogens (tertiary/aromatic N) is 1. The number of furan rings is 1. The molecule has 6 nitrogen and oxygen atoms in total. The van der Waals surface area contributed by atoms with Crippen LogP contribution in [0.1, 0.15) is 33.7 Å². The summed E-state index contributed by atoms with van der Waals surface area (Å²) >= 11 is 0. The topological polar surface area (TPSA) is 87.3 Å². The summed E-state index contributed by atoms with van der Waals surface area (Å²) in [6.45, 7) is 3.89. The minimum Gasteiger partial charge on any atom is -0.489 e. The Labute approximate surface area is 163 Å². The Hall–Kier alpha value is -3.30. The van der Waals surface area contributed by atoms with E-state index in [0.29, 0.717) is 34.8 Å². The number of carbonyl (C=O) groups excluding carboxylic acids is 1. The number of hydrogen-bond donors (Lipinski definition) is 2. The van der Waals surface area contributed by atoms with Gasteiger partial charge in [0, 0.05) is 18.0 Å². The van der Waals surface area contributed by atoms with Crippen LogP contribution in [-0.2, 0) is 6.61 Å². The van der Waals surface area contributed by atoms with E-state index in [1.807, 2.05) is 30.3 Å². The second-order valence-corrected chi connectivity index (χ2v) is 6.95. The molecule has 0 spiro atoms. The van der Waals surface area contributed by atoms with Crippen LogP contribution in [0.3, 0.4) is 0 Å². The normalized spacial score (nSPS) is 16.1. The highest BCUT2D eigenvalue weighted by molar-refractivity contribution is 6.07. The summed E-state index contributed by atoms with van der Waals surface area (Å²) in [5.41, 5.74) is 2.81. The quantitative estimate of drug-likeness (QED) is 0.715. The summed E-state index contributed by atoms with van der Waals surface area (Å²) in [6, 6.07) is 15.0. The molecule has 1 aliphatic heterocycles. The summed E-state index contributed by atoms with van der Waals surface area (Å²) in [5.74, 6) is 1.14. The summed E-state index contributed by atoms with van der Waals surface area (Å²) in [6.07, 6.45) is 0.930. The zero-order valence-electron chi connectivity index (χ0n) is 15.6. The Morgan fingerprint density at radius 3 is 2.86 bits per heavy atom. The largest absolute Gasteiger partial charge is 0.489 e. The number of fused-ring (bicyclic) bond motifs is 1. The van der Waals surface area contributed by atoms with Gasteiger partial charge in [0.15, 0.2) is 0 Å². The van der Waals surface area contributed by atoms with Gasteiger partial charge in [0.1, 0.15) is 23.7 Å². The SMILES string of the molecule is Cc1oc2ccc(OCc3ccc(C#N)cc3)cc2c1C(=O)N[C@H]1CCNC1. The maximum Gasteiger partial charge on any atom is 0.255 e. The monoisotopic (exact) mass is 375 g/mol. The summed E-state index contributed by atoms with van der Waals surface area (Å²) in [7, 11) is 0. The van der Waals surface area contributed by atoms with Crippen LogP contribution in [0, 0.1) is 18.3 Å². The van der Waals surface area contributed by atoms with Crippen molar-refractivity contribution in [3.05, 3.63) is 64.9 Å². The van der Waals surface area contributed by atoms with Crippen LogP contribution >= 0.6 is 0 Å². The molecule has 1 saturated heterocycles. The number of carbonyl (C=O) groups is 1. The first-order chi connectivity index (χ1) is 13.6. The number of rotatable bonds is 5. The van der Waals surface area contributed by atoms with Gasteiger partial charge in [0.2, 0.25) is 0 Å². The third-order valence-corrected chi connectivity index (χ3v) is 4.95. The van der Waals surface area contributed by atoms with Gasteiger partial charge in [0.05, 0.1) is 17.2 Å². The minimum absolute atomic E-state index is 0.116. The van der Waals surface area contributed by atoms with E-state index < -0.39 is 0 Å². The molecule has 2 N–H and O–H groups in total. The van der Waals surface area contributed by atoms with E-state index >= 15 is 0 Å². The number of ether oxygens (including phenoxy) is 1. The molecule has 0 aliphatic carbocycles. The fourth-order valence-electron chi connectivity index (χ4n) is 3.45. The molecule has 3 aromatic rings. The molecule has 1 aromatic heterocycles. The number of nitriles is 1. The van der Waals surface area contributed by atoms with E-state index in [0.717, 1.165) is 30.5 Å². The van der Waals surface area contributed by atoms with Gasteiger partial charge in [-0.2, -0.15) is 5.26 Å². The summed E-state index contributed by atoms with van der Waals surface area (Å²) < 4.78 is 11.7. The predicted molar refractivity (Wildman–Crippen MR) is 105 cm³/mol. The number of amides is 1. The molecule has 28 heavy (non-hydrogen) atoms. The number of benzene rings is 2. The zero-order chi connectivity index (χ0) is 19.5. The molecule has 4 rings (SSSR count). The minimum atomic E-state index is -0.116. The van der Waals surface area contributed by atoms with Crippen molar-refractivity contribution in [3.63, 3.8) is 0 Å². The second kappa shape index (κ2) is 7.75. The first-order valence-electron chi connectivity index (χ1n) is 9.30. The highest BCUT2D eigenvalue weighted by atomic mass is 16.5. The Kier molecular flexibility index (Phi) is 5.00. The van der Waals surface area contributed by atoms with Crippen LogP contribution in [0.4, 0.5) is 0 Å². The number of aryl methyl sites for hydroxylation is 1. The predicted octanol–water partition coefficient (Wildman–Crippen LogP) is 3.28. The van der Waals surface area contributed by atoms with Gasteiger partial charge in [-0.3, -0.25) is 4.79 Å². The van der Waals surface area contributed by atoms with E-state index in [1.165, 1.54) is 0 Å². The van der Waals surface area contributed by atoms with Gasteiger partial charge in [-0.05, 0) is 55.8 Å². The summed E-state index contributed by atoms with van der Waals surface area (Å²) in [5, 5.41) is 15.9. The molecule has 1 aliphatic rings. The molecule has 2 heterocycles. The van der Waals surface area contributed by atoms with E-state index in [4.69, 9.17) is 14.4 Å². The summed E-state index contributed by atoms with van der Waals surface area (Å²) in [4.78, 5) is 12.8. The van der Waals surface area contributed by atoms with E-state index in [9.17, 15) is 4.79 Å². The fourth-order valence-corrected chi connectivity index (χ4v) is 3.45. The molecule has 1 fully saturated rings. The molecule has 1 amide bonds. The molecule has 2 aromatic carbocycles. The fraction of sp³-hybridized carbons (Fsp3) is 0.273. The Balaban J connectivity index is 1.53. The Bertz CT molecular complexity index is 1040. The Morgan fingerprint density at radius 1 is 1.32 bits per heavy atom. The van der Waals surface area contributed by atoms with Crippen LogP contribution in [-0.4, -0.2) is 25.0 Å². The molecule has 0 bridgehead atoms. The molecule has 1 atom stereocenters. The van der Waals surface area contributed by atoms with Crippen molar-refractivity contribution in [1.29, 1.82) is 5.26 Å². The average molecular weight is 375 g/mol. The van der Waals surface area contributed by atoms with Crippen molar-refractivity contribution < 1.29 is 13.9 Å². The molecule has 6 heteroatoms. The van der Waals surface area contributed by atoms with Crippen molar-refractivity contribution in [2.24, 2.45) is 0 Å². The van der Waals surface area contributed by atoms with Crippen molar-refractivity contribution in [3.8, 4) is 11.8 Å². The van der Waals surface area contributed by atoms with Gasteiger partial charge in [0.25, 0.3) is 5.91 Å². The lowest BCUT2D eigenvalue weighted by atomic mass is 10.1. The second-order valence-electron chi connectivity index (χ2n) is 6.95. The van der Waals surface area contributed by atoms with Crippen LogP contribution in [0.5, 0.6) is 5.75 Å². The molecular formula is C22H21N3O3. The molecular weight excluding hydrogens is 354 g/mol. The smallest absolute Gasteiger partial charge is 0.255 e. The highest BCUT2D eigenvalue weighted by Crippen LogP contribution is 2.29. The van der Waals surface area contributed by atoms with Crippen LogP contribution in [0.15, 0.2) is 46.9 Å². The molecule has 142 valence electrons. The maximum absolute atomic E-state index is 12.8. The zero-order valence-corrected chi connectivity index (χ0v) is 15.6. The first kappa shape index (κ1) is 18.1. The lowest BCUT2D eigenvalue weighted by Crippen LogP contribution is -2.36. The van der Waals surface area contributed by atoms with E-state index in [2.05, 4.69) is 16.7 Å². The van der Waals surface area contributed by atoms with Gasteiger partial charge in [-0.15, -0.1) is 0 Å². The van der Waals surface area contributed by atoms with E-state index in [1.54, 1.807) is 19.1 Å². The van der Waals surface area contributed by atoms with Crippen molar-refractivity contribution >= 4 is 16.9 Å². The molecule has 0 unspecified atom stereocenters. The van der Waals surface area contributed by atoms with Crippen molar-refractivity contribution in [1.82, 2.24) is 10.6 Å². The maximum atomic E-state index is 12.8. The van der Waals surface area contributed by atoms with E-state index in [-0.39, 0.29) is 11.9 Å². The number of hydrogen-bond acceptors (Lipinski definition) is 5. The van der Waals surface area contributed by atoms with Crippen molar-refractivity contribution in [2.45, 2.75) is 26.0 Å². The van der Waals surface area contributed by atoms with Gasteiger partial charge in [-0.1, -0.05) is 12.1 Å². The first-order valence-corrected chi connectivity index (χ1v) is 9.30. The van der Waals surface area contributed by atoms with Crippen LogP contribution < -0.4 is 15.4 Å². The Morgan fingerprint density at radius 2 is 2.14 bits per heavy atom. The van der Waals surface area contributed by atoms with Crippen molar-refractivity contribution in [2.75, 3.05) is 13.1 Å². The average Bonchev–Trinajstić information content (AvgIpc) is 3.33. The standard InChI is InChI=1S/C22H21N3O3/c1-14-21(22(26)25-17-8-9-24-12-17)19-10-18(6-7-20(19)28-14)27-13-16-4-2-15(11-23)3-5-16/h2-7,10,17,24H,8-9,12-13H2,1H3,(H,25,26)/t17-/m0/s1. The third-order valence-electron chi connectivity index (χ3n) is 4.95. The van der Waals surface area contributed by atoms with Gasteiger partial charge >= 0.3 is 0 Å². The third kappa shape index (κ3) is 3.71. The molecule has 0 radical (unpaired) electrons. The lowest BCUT2D eigenvalue weighted by Gasteiger charge is -2.11.